The number of carbonyl (C=O) groups excluding carboxylic acids is 1. The minimum absolute atomic E-state index is 0.149. The maximum absolute atomic E-state index is 12.3. The van der Waals surface area contributed by atoms with Crippen LogP contribution in [-0.4, -0.2) is 29.7 Å². The largest absolute Gasteiger partial charge is 0.497 e. The number of benzene rings is 2. The highest BCUT2D eigenvalue weighted by atomic mass is 32.1. The van der Waals surface area contributed by atoms with E-state index in [0.717, 1.165) is 21.9 Å². The van der Waals surface area contributed by atoms with Crippen LogP contribution in [0.25, 0.3) is 10.6 Å². The predicted molar refractivity (Wildman–Crippen MR) is 102 cm³/mol. The van der Waals surface area contributed by atoms with Gasteiger partial charge in [-0.2, -0.15) is 0 Å². The van der Waals surface area contributed by atoms with Crippen LogP contribution < -0.4 is 10.1 Å². The van der Waals surface area contributed by atoms with Gasteiger partial charge in [-0.1, -0.05) is 30.3 Å². The zero-order chi connectivity index (χ0) is 18.4. The molecule has 2 N–H and O–H groups in total. The molecule has 0 saturated heterocycles. The van der Waals surface area contributed by atoms with Gasteiger partial charge in [0.2, 0.25) is 5.91 Å². The van der Waals surface area contributed by atoms with Gasteiger partial charge in [0.15, 0.2) is 0 Å². The fraction of sp³-hybridized carbons (Fsp3) is 0.200. The summed E-state index contributed by atoms with van der Waals surface area (Å²) in [6, 6.07) is 16.7. The molecule has 1 heterocycles. The van der Waals surface area contributed by atoms with Crippen molar-refractivity contribution in [1.29, 1.82) is 0 Å². The normalized spacial score (nSPS) is 11.8. The second-order valence-electron chi connectivity index (χ2n) is 5.76. The number of nitrogens with zero attached hydrogens (tertiary/aromatic N) is 1. The Kier molecular flexibility index (Phi) is 5.99. The molecule has 0 aliphatic carbocycles. The van der Waals surface area contributed by atoms with E-state index >= 15 is 0 Å². The Morgan fingerprint density at radius 2 is 1.92 bits per heavy atom. The van der Waals surface area contributed by atoms with Crippen LogP contribution in [-0.2, 0) is 11.2 Å². The Morgan fingerprint density at radius 3 is 2.58 bits per heavy atom. The summed E-state index contributed by atoms with van der Waals surface area (Å²) in [5.74, 6) is 0.625. The van der Waals surface area contributed by atoms with Crippen molar-refractivity contribution < 1.29 is 14.6 Å². The molecule has 134 valence electrons. The van der Waals surface area contributed by atoms with Gasteiger partial charge in [0.25, 0.3) is 0 Å². The number of thiazole rings is 1. The first-order valence-corrected chi connectivity index (χ1v) is 9.11. The number of hydrogen-bond donors (Lipinski definition) is 2. The van der Waals surface area contributed by atoms with Gasteiger partial charge in [0.05, 0.1) is 31.9 Å². The number of ether oxygens (including phenoxy) is 1. The average Bonchev–Trinajstić information content (AvgIpc) is 3.15. The minimum Gasteiger partial charge on any atom is -0.497 e. The summed E-state index contributed by atoms with van der Waals surface area (Å²) < 4.78 is 5.16. The summed E-state index contributed by atoms with van der Waals surface area (Å²) >= 11 is 1.50. The van der Waals surface area contributed by atoms with Crippen LogP contribution in [0.5, 0.6) is 5.75 Å². The Labute approximate surface area is 156 Å². The monoisotopic (exact) mass is 368 g/mol. The lowest BCUT2D eigenvalue weighted by Gasteiger charge is -2.16. The molecule has 0 bridgehead atoms. The van der Waals surface area contributed by atoms with Gasteiger partial charge in [-0.05, 0) is 29.8 Å². The van der Waals surface area contributed by atoms with E-state index in [-0.39, 0.29) is 18.9 Å². The molecular weight excluding hydrogens is 348 g/mol. The third-order valence-corrected chi connectivity index (χ3v) is 4.89. The van der Waals surface area contributed by atoms with E-state index in [9.17, 15) is 9.90 Å². The van der Waals surface area contributed by atoms with Crippen LogP contribution in [0.15, 0.2) is 60.0 Å². The van der Waals surface area contributed by atoms with Crippen molar-refractivity contribution in [3.63, 3.8) is 0 Å². The molecule has 0 unspecified atom stereocenters. The molecule has 3 rings (SSSR count). The molecule has 3 aromatic rings. The molecule has 1 aromatic heterocycles. The van der Waals surface area contributed by atoms with Gasteiger partial charge in [0.1, 0.15) is 10.8 Å². The van der Waals surface area contributed by atoms with Crippen LogP contribution in [0, 0.1) is 0 Å². The molecular formula is C20H20N2O3S. The third-order valence-electron chi connectivity index (χ3n) is 3.95. The Bertz CT molecular complexity index is 847. The van der Waals surface area contributed by atoms with E-state index in [4.69, 9.17) is 4.74 Å². The highest BCUT2D eigenvalue weighted by Gasteiger charge is 2.15. The lowest BCUT2D eigenvalue weighted by molar-refractivity contribution is -0.121. The maximum Gasteiger partial charge on any atom is 0.226 e. The van der Waals surface area contributed by atoms with Crippen LogP contribution in [0.2, 0.25) is 0 Å². The molecule has 2 aromatic carbocycles. The first-order chi connectivity index (χ1) is 12.7. The second-order valence-corrected chi connectivity index (χ2v) is 6.62. The number of nitrogens with one attached hydrogen (secondary N) is 1. The number of rotatable bonds is 7. The van der Waals surface area contributed by atoms with Gasteiger partial charge in [-0.15, -0.1) is 11.3 Å². The molecule has 6 heteroatoms. The third kappa shape index (κ3) is 4.47. The summed E-state index contributed by atoms with van der Waals surface area (Å²) in [7, 11) is 1.63. The van der Waals surface area contributed by atoms with E-state index in [0.29, 0.717) is 5.69 Å². The summed E-state index contributed by atoms with van der Waals surface area (Å²) in [6.07, 6.45) is 0.177. The van der Waals surface area contributed by atoms with Gasteiger partial charge < -0.3 is 15.2 Å². The number of aliphatic hydroxyl groups excluding tert-OH is 1. The standard InChI is InChI=1S/C20H20N2O3S/c1-25-17-9-7-15(8-10-17)20-21-16(13-26-20)11-19(24)22-18(12-23)14-5-3-2-4-6-14/h2-10,13,18,23H,11-12H2,1H3,(H,22,24)/t18-/m0/s1. The first kappa shape index (κ1) is 18.1. The number of amides is 1. The molecule has 1 amide bonds. The summed E-state index contributed by atoms with van der Waals surface area (Å²) in [6.45, 7) is -0.149. The molecule has 0 aliphatic heterocycles. The fourth-order valence-corrected chi connectivity index (χ4v) is 3.41. The van der Waals surface area contributed by atoms with Crippen molar-refractivity contribution in [2.75, 3.05) is 13.7 Å². The Balaban J connectivity index is 1.63. The maximum atomic E-state index is 12.3. The van der Waals surface area contributed by atoms with Crippen molar-refractivity contribution in [2.24, 2.45) is 0 Å². The average molecular weight is 368 g/mol. The van der Waals surface area contributed by atoms with Gasteiger partial charge in [-0.3, -0.25) is 4.79 Å². The number of aromatic nitrogens is 1. The van der Waals surface area contributed by atoms with Crippen LogP contribution in [0.4, 0.5) is 0 Å². The second kappa shape index (κ2) is 8.60. The molecule has 0 radical (unpaired) electrons. The van der Waals surface area contributed by atoms with Crippen molar-refractivity contribution in [3.05, 3.63) is 71.2 Å². The Morgan fingerprint density at radius 1 is 1.19 bits per heavy atom. The van der Waals surface area contributed by atoms with E-state index < -0.39 is 6.04 Å². The van der Waals surface area contributed by atoms with E-state index in [1.807, 2.05) is 60.0 Å². The Hall–Kier alpha value is -2.70. The number of hydrogen-bond acceptors (Lipinski definition) is 5. The molecule has 0 fully saturated rings. The summed E-state index contributed by atoms with van der Waals surface area (Å²) in [5.41, 5.74) is 2.57. The van der Waals surface area contributed by atoms with E-state index in [2.05, 4.69) is 10.3 Å². The quantitative estimate of drug-likeness (QED) is 0.672. The summed E-state index contributed by atoms with van der Waals surface area (Å²) in [4.78, 5) is 16.8. The van der Waals surface area contributed by atoms with Crippen molar-refractivity contribution >= 4 is 17.2 Å². The van der Waals surface area contributed by atoms with Crippen LogP contribution >= 0.6 is 11.3 Å². The van der Waals surface area contributed by atoms with Gasteiger partial charge in [-0.25, -0.2) is 4.98 Å². The van der Waals surface area contributed by atoms with Gasteiger partial charge >= 0.3 is 0 Å². The smallest absolute Gasteiger partial charge is 0.226 e. The molecule has 1 atom stereocenters. The van der Waals surface area contributed by atoms with E-state index in [1.165, 1.54) is 11.3 Å². The first-order valence-electron chi connectivity index (χ1n) is 8.23. The zero-order valence-electron chi connectivity index (χ0n) is 14.4. The number of methoxy groups -OCH3 is 1. The zero-order valence-corrected chi connectivity index (χ0v) is 15.2. The highest BCUT2D eigenvalue weighted by Crippen LogP contribution is 2.26. The molecule has 0 spiro atoms. The molecule has 0 aliphatic rings. The van der Waals surface area contributed by atoms with Crippen LogP contribution in [0.1, 0.15) is 17.3 Å². The molecule has 26 heavy (non-hydrogen) atoms. The van der Waals surface area contributed by atoms with Gasteiger partial charge in [0, 0.05) is 10.9 Å². The topological polar surface area (TPSA) is 71.5 Å². The fourth-order valence-electron chi connectivity index (χ4n) is 2.58. The summed E-state index contributed by atoms with van der Waals surface area (Å²) in [5, 5.41) is 15.1. The highest BCUT2D eigenvalue weighted by molar-refractivity contribution is 7.13. The number of carbonyl (C=O) groups is 1. The van der Waals surface area contributed by atoms with Crippen molar-refractivity contribution in [2.45, 2.75) is 12.5 Å². The van der Waals surface area contributed by atoms with Crippen molar-refractivity contribution in [1.82, 2.24) is 10.3 Å². The van der Waals surface area contributed by atoms with E-state index in [1.54, 1.807) is 7.11 Å². The SMILES string of the molecule is COc1ccc(-c2nc(CC(=O)N[C@@H](CO)c3ccccc3)cs2)cc1. The van der Waals surface area contributed by atoms with Crippen molar-refractivity contribution in [3.8, 4) is 16.3 Å². The lowest BCUT2D eigenvalue weighted by atomic mass is 10.1. The lowest BCUT2D eigenvalue weighted by Crippen LogP contribution is -2.32. The number of aliphatic hydroxyl groups is 1. The minimum atomic E-state index is -0.414. The van der Waals surface area contributed by atoms with Crippen LogP contribution in [0.3, 0.4) is 0 Å². The predicted octanol–water partition coefficient (Wildman–Crippen LogP) is 3.21. The molecule has 0 saturated carbocycles. The molecule has 5 nitrogen and oxygen atoms in total.